The van der Waals surface area contributed by atoms with Gasteiger partial charge in [-0.3, -0.25) is 9.59 Å². The minimum Gasteiger partial charge on any atom is -0.457 e. The number of aromatic nitrogens is 1. The van der Waals surface area contributed by atoms with E-state index in [-0.39, 0.29) is 22.8 Å². The van der Waals surface area contributed by atoms with Crippen molar-refractivity contribution in [1.82, 2.24) is 5.32 Å². The summed E-state index contributed by atoms with van der Waals surface area (Å²) in [7, 11) is 0. The molecule has 3 aromatic rings. The van der Waals surface area contributed by atoms with Crippen LogP contribution in [0.5, 0.6) is 11.5 Å². The first-order valence-electron chi connectivity index (χ1n) is 8.84. The average molecular weight is 433 g/mol. The van der Waals surface area contributed by atoms with Gasteiger partial charge in [0, 0.05) is 12.6 Å². The molecular weight excluding hydrogens is 416 g/mol. The van der Waals surface area contributed by atoms with Crippen LogP contribution in [-0.2, 0) is 6.42 Å². The molecule has 0 bridgehead atoms. The molecule has 0 aliphatic rings. The van der Waals surface area contributed by atoms with Gasteiger partial charge < -0.3 is 15.8 Å². The van der Waals surface area contributed by atoms with Crippen LogP contribution in [0.15, 0.2) is 54.7 Å². The fraction of sp³-hybridized carbons (Fsp3) is 0.0952. The molecule has 1 heterocycles. The lowest BCUT2D eigenvalue weighted by molar-refractivity contribution is -0.382. The van der Waals surface area contributed by atoms with Crippen LogP contribution in [-0.4, -0.2) is 18.4 Å². The zero-order chi connectivity index (χ0) is 21.7. The molecular formula is C21H17ClF2N3O3+. The normalized spacial score (nSPS) is 10.5. The molecule has 3 rings (SSSR count). The molecule has 0 aliphatic carbocycles. The molecule has 0 aliphatic heterocycles. The van der Waals surface area contributed by atoms with Crippen LogP contribution >= 0.6 is 11.6 Å². The molecule has 0 spiro atoms. The molecule has 2 aromatic carbocycles. The molecule has 0 radical (unpaired) electrons. The SMILES string of the molecule is NC(=O)c1cc(Oc2cccc(CCNC(=O)c3cc(F)c(F)cc3Cl)c2)cc[nH+]1. The Labute approximate surface area is 175 Å². The molecule has 154 valence electrons. The molecule has 1 aromatic heterocycles. The van der Waals surface area contributed by atoms with E-state index in [9.17, 15) is 18.4 Å². The van der Waals surface area contributed by atoms with Gasteiger partial charge >= 0.3 is 5.91 Å². The predicted octanol–water partition coefficient (Wildman–Crippen LogP) is 3.30. The van der Waals surface area contributed by atoms with Crippen molar-refractivity contribution in [1.29, 1.82) is 0 Å². The van der Waals surface area contributed by atoms with Crippen LogP contribution in [0.3, 0.4) is 0 Å². The van der Waals surface area contributed by atoms with Gasteiger partial charge in [-0.1, -0.05) is 23.7 Å². The number of amides is 2. The van der Waals surface area contributed by atoms with Crippen molar-refractivity contribution >= 4 is 23.4 Å². The third-order valence-corrected chi connectivity index (χ3v) is 4.44. The number of carbonyl (C=O) groups excluding carboxylic acids is 2. The lowest BCUT2D eigenvalue weighted by atomic mass is 10.1. The van der Waals surface area contributed by atoms with Crippen LogP contribution in [0.1, 0.15) is 26.4 Å². The van der Waals surface area contributed by atoms with E-state index in [1.54, 1.807) is 24.3 Å². The Kier molecular flexibility index (Phi) is 6.58. The van der Waals surface area contributed by atoms with Gasteiger partial charge in [0.1, 0.15) is 11.5 Å². The number of ether oxygens (including phenoxy) is 1. The zero-order valence-electron chi connectivity index (χ0n) is 15.5. The maximum atomic E-state index is 13.3. The van der Waals surface area contributed by atoms with E-state index in [4.69, 9.17) is 22.1 Å². The van der Waals surface area contributed by atoms with Crippen molar-refractivity contribution in [3.05, 3.63) is 88.2 Å². The second kappa shape index (κ2) is 9.32. The molecule has 0 atom stereocenters. The van der Waals surface area contributed by atoms with Crippen molar-refractivity contribution in [3.63, 3.8) is 0 Å². The number of rotatable bonds is 7. The first-order chi connectivity index (χ1) is 14.3. The molecule has 0 unspecified atom stereocenters. The minimum absolute atomic E-state index is 0.140. The minimum atomic E-state index is -1.15. The van der Waals surface area contributed by atoms with Crippen molar-refractivity contribution in [2.45, 2.75) is 6.42 Å². The molecule has 2 amide bonds. The largest absolute Gasteiger partial charge is 0.457 e. The molecule has 4 N–H and O–H groups in total. The molecule has 9 heteroatoms. The summed E-state index contributed by atoms with van der Waals surface area (Å²) in [6.07, 6.45) is 2.00. The number of carbonyl (C=O) groups is 2. The van der Waals surface area contributed by atoms with E-state index in [0.717, 1.165) is 17.7 Å². The Balaban J connectivity index is 1.61. The Hall–Kier alpha value is -3.52. The maximum absolute atomic E-state index is 13.3. The summed E-state index contributed by atoms with van der Waals surface area (Å²) in [5.74, 6) is -2.51. The summed E-state index contributed by atoms with van der Waals surface area (Å²) in [6.45, 7) is 0.240. The average Bonchev–Trinajstić information content (AvgIpc) is 2.71. The van der Waals surface area contributed by atoms with Crippen LogP contribution in [0, 0.1) is 11.6 Å². The van der Waals surface area contributed by atoms with Gasteiger partial charge in [-0.2, -0.15) is 0 Å². The lowest BCUT2D eigenvalue weighted by Crippen LogP contribution is -2.26. The number of pyridine rings is 1. The monoisotopic (exact) mass is 432 g/mol. The van der Waals surface area contributed by atoms with Gasteiger partial charge in [0.05, 0.1) is 16.7 Å². The number of nitrogens with two attached hydrogens (primary N) is 1. The molecule has 30 heavy (non-hydrogen) atoms. The first kappa shape index (κ1) is 21.2. The fourth-order valence-corrected chi connectivity index (χ4v) is 2.90. The van der Waals surface area contributed by atoms with Gasteiger partial charge in [0.2, 0.25) is 0 Å². The molecule has 6 nitrogen and oxygen atoms in total. The quantitative estimate of drug-likeness (QED) is 0.561. The number of hydrogen-bond donors (Lipinski definition) is 2. The van der Waals surface area contributed by atoms with Gasteiger partial charge in [0.15, 0.2) is 17.8 Å². The lowest BCUT2D eigenvalue weighted by Gasteiger charge is -2.09. The molecule has 0 saturated heterocycles. The van der Waals surface area contributed by atoms with Gasteiger partial charge in [0.25, 0.3) is 11.6 Å². The number of halogens is 3. The van der Waals surface area contributed by atoms with E-state index in [1.807, 2.05) is 6.07 Å². The third kappa shape index (κ3) is 5.30. The van der Waals surface area contributed by atoms with Gasteiger partial charge in [-0.15, -0.1) is 0 Å². The summed E-state index contributed by atoms with van der Waals surface area (Å²) in [5, 5.41) is 2.45. The highest BCUT2D eigenvalue weighted by molar-refractivity contribution is 6.33. The Bertz CT molecular complexity index is 1110. The van der Waals surface area contributed by atoms with Gasteiger partial charge in [-0.25, -0.2) is 13.8 Å². The number of nitrogens with one attached hydrogen (secondary N) is 2. The Morgan fingerprint density at radius 1 is 1.07 bits per heavy atom. The van der Waals surface area contributed by atoms with Crippen LogP contribution in [0.2, 0.25) is 5.02 Å². The number of hydrogen-bond acceptors (Lipinski definition) is 3. The first-order valence-corrected chi connectivity index (χ1v) is 9.22. The summed E-state index contributed by atoms with van der Waals surface area (Å²) in [4.78, 5) is 26.1. The number of H-pyrrole nitrogens is 1. The fourth-order valence-electron chi connectivity index (χ4n) is 2.66. The second-order valence-corrected chi connectivity index (χ2v) is 6.71. The smallest absolute Gasteiger partial charge is 0.313 e. The highest BCUT2D eigenvalue weighted by Gasteiger charge is 2.15. The van der Waals surface area contributed by atoms with E-state index < -0.39 is 23.4 Å². The van der Waals surface area contributed by atoms with Crippen molar-refractivity contribution in [2.75, 3.05) is 6.54 Å². The van der Waals surface area contributed by atoms with Gasteiger partial charge in [-0.05, 0) is 36.2 Å². The topological polar surface area (TPSA) is 95.6 Å². The van der Waals surface area contributed by atoms with Crippen LogP contribution in [0.25, 0.3) is 0 Å². The molecule has 0 saturated carbocycles. The van der Waals surface area contributed by atoms with E-state index in [2.05, 4.69) is 10.3 Å². The second-order valence-electron chi connectivity index (χ2n) is 6.30. The number of aromatic amines is 1. The van der Waals surface area contributed by atoms with Crippen LogP contribution in [0.4, 0.5) is 8.78 Å². The summed E-state index contributed by atoms with van der Waals surface area (Å²) < 4.78 is 32.2. The third-order valence-electron chi connectivity index (χ3n) is 4.13. The van der Waals surface area contributed by atoms with Crippen LogP contribution < -0.4 is 20.8 Å². The predicted molar refractivity (Wildman–Crippen MR) is 105 cm³/mol. The van der Waals surface area contributed by atoms with E-state index >= 15 is 0 Å². The Morgan fingerprint density at radius 3 is 2.57 bits per heavy atom. The Morgan fingerprint density at radius 2 is 1.80 bits per heavy atom. The summed E-state index contributed by atoms with van der Waals surface area (Å²) >= 11 is 5.81. The maximum Gasteiger partial charge on any atom is 0.313 e. The summed E-state index contributed by atoms with van der Waals surface area (Å²) in [6, 6.07) is 11.8. The zero-order valence-corrected chi connectivity index (χ0v) is 16.3. The number of benzene rings is 2. The molecule has 0 fully saturated rings. The van der Waals surface area contributed by atoms with Crippen molar-refractivity contribution in [3.8, 4) is 11.5 Å². The number of primary amides is 1. The van der Waals surface area contributed by atoms with E-state index in [0.29, 0.717) is 17.9 Å². The summed E-state index contributed by atoms with van der Waals surface area (Å²) in [5.41, 5.74) is 6.17. The van der Waals surface area contributed by atoms with E-state index in [1.165, 1.54) is 12.3 Å². The van der Waals surface area contributed by atoms with Crippen molar-refractivity contribution < 1.29 is 28.1 Å². The highest BCUT2D eigenvalue weighted by atomic mass is 35.5. The highest BCUT2D eigenvalue weighted by Crippen LogP contribution is 2.22. The van der Waals surface area contributed by atoms with Crippen molar-refractivity contribution in [2.24, 2.45) is 5.73 Å². The standard InChI is InChI=1S/C21H16ClF2N3O3/c22-16-11-18(24)17(23)10-15(16)21(29)27-6-4-12-2-1-3-13(8-12)30-14-5-7-26-19(9-14)20(25)28/h1-3,5,7-11H,4,6H2,(H2,25,28)(H,27,29)/p+1.